The van der Waals surface area contributed by atoms with E-state index in [9.17, 15) is 9.59 Å². The molecule has 110 valence electrons. The van der Waals surface area contributed by atoms with E-state index in [0.29, 0.717) is 5.69 Å². The predicted molar refractivity (Wildman–Crippen MR) is 78.9 cm³/mol. The average Bonchev–Trinajstić information content (AvgIpc) is 2.74. The fourth-order valence-corrected chi connectivity index (χ4v) is 2.12. The number of carbonyl (C=O) groups is 2. The van der Waals surface area contributed by atoms with Gasteiger partial charge in [0, 0.05) is 0 Å². The Kier molecular flexibility index (Phi) is 4.43. The topological polar surface area (TPSA) is 61.2 Å². The Balaban J connectivity index is 2.36. The van der Waals surface area contributed by atoms with E-state index in [-0.39, 0.29) is 16.5 Å². The molecule has 1 aromatic carbocycles. The largest absolute Gasteiger partial charge is 0.451 e. The molecule has 2 rings (SSSR count). The van der Waals surface area contributed by atoms with E-state index in [1.54, 1.807) is 6.92 Å². The molecule has 0 amide bonds. The lowest BCUT2D eigenvalue weighted by molar-refractivity contribution is -0.124. The molecule has 0 N–H and O–H groups in total. The minimum Gasteiger partial charge on any atom is -0.451 e. The number of nitrogens with zero attached hydrogens (tertiary/aromatic N) is 2. The number of esters is 1. The van der Waals surface area contributed by atoms with Gasteiger partial charge in [0.2, 0.25) is 0 Å². The fraction of sp³-hybridized carbons (Fsp3) is 0.267. The van der Waals surface area contributed by atoms with Crippen LogP contribution in [0.3, 0.4) is 0 Å². The van der Waals surface area contributed by atoms with Gasteiger partial charge in [0.25, 0.3) is 0 Å². The van der Waals surface area contributed by atoms with E-state index >= 15 is 0 Å². The Morgan fingerprint density at radius 1 is 1.29 bits per heavy atom. The maximum absolute atomic E-state index is 12.1. The van der Waals surface area contributed by atoms with Crippen molar-refractivity contribution in [3.8, 4) is 5.69 Å². The monoisotopic (exact) mass is 306 g/mol. The summed E-state index contributed by atoms with van der Waals surface area (Å²) in [7, 11) is 0. The van der Waals surface area contributed by atoms with Crippen molar-refractivity contribution in [2.75, 3.05) is 0 Å². The number of para-hydroxylation sites is 1. The lowest BCUT2D eigenvalue weighted by atomic mass is 10.2. The third-order valence-electron chi connectivity index (χ3n) is 3.07. The quantitative estimate of drug-likeness (QED) is 0.815. The molecule has 0 bridgehead atoms. The first-order valence-corrected chi connectivity index (χ1v) is 6.81. The highest BCUT2D eigenvalue weighted by Gasteiger charge is 2.24. The van der Waals surface area contributed by atoms with Crippen LogP contribution in [0, 0.1) is 6.92 Å². The molecule has 21 heavy (non-hydrogen) atoms. The lowest BCUT2D eigenvalue weighted by Crippen LogP contribution is -2.22. The average molecular weight is 307 g/mol. The van der Waals surface area contributed by atoms with Gasteiger partial charge in [-0.25, -0.2) is 9.48 Å². The molecule has 0 spiro atoms. The van der Waals surface area contributed by atoms with E-state index < -0.39 is 12.1 Å². The SMILES string of the molecule is CC(=O)C(C)OC(=O)c1c(C)nn(-c2ccccc2)c1Cl. The Bertz CT molecular complexity index is 680. The summed E-state index contributed by atoms with van der Waals surface area (Å²) in [6.07, 6.45) is -0.812. The van der Waals surface area contributed by atoms with E-state index in [2.05, 4.69) is 5.10 Å². The van der Waals surface area contributed by atoms with Gasteiger partial charge in [-0.15, -0.1) is 0 Å². The predicted octanol–water partition coefficient (Wildman–Crippen LogP) is 2.97. The van der Waals surface area contributed by atoms with E-state index in [1.165, 1.54) is 18.5 Å². The number of ketones is 1. The number of benzene rings is 1. The number of halogens is 1. The molecule has 0 saturated carbocycles. The summed E-state index contributed by atoms with van der Waals surface area (Å²) in [6.45, 7) is 4.55. The molecule has 0 fully saturated rings. The van der Waals surface area contributed by atoms with Crippen LogP contribution >= 0.6 is 11.6 Å². The van der Waals surface area contributed by atoms with Crippen LogP contribution in [0.15, 0.2) is 30.3 Å². The zero-order chi connectivity index (χ0) is 15.6. The smallest absolute Gasteiger partial charge is 0.343 e. The van der Waals surface area contributed by atoms with Crippen LogP contribution in [0.2, 0.25) is 5.15 Å². The molecule has 0 aliphatic rings. The molecule has 0 aliphatic heterocycles. The van der Waals surface area contributed by atoms with Gasteiger partial charge >= 0.3 is 5.97 Å². The number of rotatable bonds is 4. The zero-order valence-corrected chi connectivity index (χ0v) is 12.7. The van der Waals surface area contributed by atoms with Gasteiger partial charge in [0.15, 0.2) is 11.9 Å². The number of hydrogen-bond acceptors (Lipinski definition) is 4. The molecule has 1 atom stereocenters. The van der Waals surface area contributed by atoms with Gasteiger partial charge < -0.3 is 4.74 Å². The summed E-state index contributed by atoms with van der Waals surface area (Å²) in [5, 5.41) is 4.42. The normalized spacial score (nSPS) is 12.0. The van der Waals surface area contributed by atoms with Crippen LogP contribution in [-0.2, 0) is 9.53 Å². The number of hydrogen-bond donors (Lipinski definition) is 0. The van der Waals surface area contributed by atoms with Crippen molar-refractivity contribution in [3.63, 3.8) is 0 Å². The van der Waals surface area contributed by atoms with E-state index in [1.807, 2.05) is 30.3 Å². The van der Waals surface area contributed by atoms with Crippen molar-refractivity contribution in [3.05, 3.63) is 46.7 Å². The van der Waals surface area contributed by atoms with Crippen molar-refractivity contribution < 1.29 is 14.3 Å². The van der Waals surface area contributed by atoms with Crippen molar-refractivity contribution in [1.82, 2.24) is 9.78 Å². The van der Waals surface area contributed by atoms with Crippen LogP contribution < -0.4 is 0 Å². The van der Waals surface area contributed by atoms with E-state index in [4.69, 9.17) is 16.3 Å². The molecule has 5 nitrogen and oxygen atoms in total. The van der Waals surface area contributed by atoms with Gasteiger partial charge in [-0.2, -0.15) is 5.10 Å². The number of aryl methyl sites for hydroxylation is 1. The summed E-state index contributed by atoms with van der Waals surface area (Å²) >= 11 is 6.24. The molecule has 0 aliphatic carbocycles. The molecule has 0 radical (unpaired) electrons. The van der Waals surface area contributed by atoms with Crippen LogP contribution in [0.1, 0.15) is 29.9 Å². The fourth-order valence-electron chi connectivity index (χ4n) is 1.77. The van der Waals surface area contributed by atoms with Crippen molar-refractivity contribution >= 4 is 23.4 Å². The number of Topliss-reactive ketones (excluding diaryl/α,β-unsaturated/α-hetero) is 1. The summed E-state index contributed by atoms with van der Waals surface area (Å²) in [4.78, 5) is 23.3. The van der Waals surface area contributed by atoms with Crippen molar-refractivity contribution in [1.29, 1.82) is 0 Å². The molecule has 6 heteroatoms. The van der Waals surface area contributed by atoms with Gasteiger partial charge in [0.05, 0.1) is 11.4 Å². The Hall–Kier alpha value is -2.14. The summed E-state index contributed by atoms with van der Waals surface area (Å²) in [5.74, 6) is -0.880. The highest BCUT2D eigenvalue weighted by atomic mass is 35.5. The summed E-state index contributed by atoms with van der Waals surface area (Å²) in [5.41, 5.74) is 1.36. The molecule has 0 saturated heterocycles. The minimum absolute atomic E-state index is 0.166. The van der Waals surface area contributed by atoms with Crippen LogP contribution in [0.4, 0.5) is 0 Å². The second-order valence-electron chi connectivity index (χ2n) is 4.66. The maximum atomic E-state index is 12.1. The van der Waals surface area contributed by atoms with Crippen LogP contribution in [0.25, 0.3) is 5.69 Å². The number of ether oxygens (including phenoxy) is 1. The zero-order valence-electron chi connectivity index (χ0n) is 12.0. The first-order valence-electron chi connectivity index (χ1n) is 6.43. The molecule has 2 aromatic rings. The molecule has 1 aromatic heterocycles. The first-order chi connectivity index (χ1) is 9.91. The maximum Gasteiger partial charge on any atom is 0.343 e. The van der Waals surface area contributed by atoms with Crippen molar-refractivity contribution in [2.45, 2.75) is 26.9 Å². The Morgan fingerprint density at radius 2 is 1.90 bits per heavy atom. The third kappa shape index (κ3) is 3.13. The van der Waals surface area contributed by atoms with Crippen molar-refractivity contribution in [2.24, 2.45) is 0 Å². The lowest BCUT2D eigenvalue weighted by Gasteiger charge is -2.09. The molecular weight excluding hydrogens is 292 g/mol. The number of carbonyl (C=O) groups excluding carboxylic acids is 2. The van der Waals surface area contributed by atoms with E-state index in [0.717, 1.165) is 5.69 Å². The standard InChI is InChI=1S/C15H15ClN2O3/c1-9-13(15(20)21-11(3)10(2)19)14(16)18(17-9)12-7-5-4-6-8-12/h4-8,11H,1-3H3. The van der Waals surface area contributed by atoms with Crippen LogP contribution in [-0.4, -0.2) is 27.6 Å². The summed E-state index contributed by atoms with van der Waals surface area (Å²) < 4.78 is 6.55. The van der Waals surface area contributed by atoms with Gasteiger partial charge in [-0.05, 0) is 32.9 Å². The highest BCUT2D eigenvalue weighted by molar-refractivity contribution is 6.33. The third-order valence-corrected chi connectivity index (χ3v) is 3.41. The first kappa shape index (κ1) is 15.3. The number of aromatic nitrogens is 2. The van der Waals surface area contributed by atoms with Crippen LogP contribution in [0.5, 0.6) is 0 Å². The van der Waals surface area contributed by atoms with Gasteiger partial charge in [-0.3, -0.25) is 4.79 Å². The van der Waals surface area contributed by atoms with Gasteiger partial charge in [-0.1, -0.05) is 29.8 Å². The van der Waals surface area contributed by atoms with Gasteiger partial charge in [0.1, 0.15) is 10.7 Å². The molecule has 1 heterocycles. The minimum atomic E-state index is -0.812. The summed E-state index contributed by atoms with van der Waals surface area (Å²) in [6, 6.07) is 9.21. The second-order valence-corrected chi connectivity index (χ2v) is 5.01. The second kappa shape index (κ2) is 6.10. The molecular formula is C15H15ClN2O3. The molecule has 1 unspecified atom stereocenters. The Labute approximate surface area is 127 Å². The highest BCUT2D eigenvalue weighted by Crippen LogP contribution is 2.24. The Morgan fingerprint density at radius 3 is 2.48 bits per heavy atom.